The van der Waals surface area contributed by atoms with Gasteiger partial charge < -0.3 is 0 Å². The number of hydrogen-bond donors (Lipinski definition) is 1. The van der Waals surface area contributed by atoms with Crippen LogP contribution in [0.3, 0.4) is 0 Å². The molecule has 15 heavy (non-hydrogen) atoms. The summed E-state index contributed by atoms with van der Waals surface area (Å²) in [7, 11) is -3.35. The molecule has 1 rings (SSSR count). The van der Waals surface area contributed by atoms with E-state index in [0.717, 1.165) is 6.42 Å². The molecular weight excluding hydrogens is 278 g/mol. The predicted molar refractivity (Wildman–Crippen MR) is 64.6 cm³/mol. The smallest absolute Gasteiger partial charge is 0.210 e. The minimum absolute atomic E-state index is 0.177. The standard InChI is InChI=1S/C10H14BrNO2S/c1-2-9(11)8-12-15(13,14)10-6-4-3-5-7-10/h3-7,9,12H,2,8H2,1H3. The van der Waals surface area contributed by atoms with Crippen LogP contribution in [0.25, 0.3) is 0 Å². The molecule has 0 aliphatic heterocycles. The molecule has 1 unspecified atom stereocenters. The van der Waals surface area contributed by atoms with Crippen LogP contribution in [0.4, 0.5) is 0 Å². The second-order valence-corrected chi connectivity index (χ2v) is 6.23. The number of benzene rings is 1. The van der Waals surface area contributed by atoms with E-state index >= 15 is 0 Å². The maximum Gasteiger partial charge on any atom is 0.240 e. The first-order valence-corrected chi connectivity index (χ1v) is 7.15. The van der Waals surface area contributed by atoms with Crippen LogP contribution in [0, 0.1) is 0 Å². The Bertz CT molecular complexity index is 391. The van der Waals surface area contributed by atoms with Gasteiger partial charge in [-0.1, -0.05) is 41.1 Å². The molecule has 1 N–H and O–H groups in total. The SMILES string of the molecule is CCC(Br)CNS(=O)(=O)c1ccccc1. The van der Waals surface area contributed by atoms with Crippen LogP contribution in [-0.2, 0) is 10.0 Å². The number of rotatable bonds is 5. The Morgan fingerprint density at radius 2 is 1.93 bits per heavy atom. The second-order valence-electron chi connectivity index (χ2n) is 3.17. The fourth-order valence-corrected chi connectivity index (χ4v) is 2.51. The summed E-state index contributed by atoms with van der Waals surface area (Å²) in [5.41, 5.74) is 0. The van der Waals surface area contributed by atoms with E-state index in [0.29, 0.717) is 11.4 Å². The van der Waals surface area contributed by atoms with Gasteiger partial charge in [-0.2, -0.15) is 0 Å². The van der Waals surface area contributed by atoms with E-state index in [2.05, 4.69) is 20.7 Å². The third-order valence-corrected chi connectivity index (χ3v) is 4.40. The van der Waals surface area contributed by atoms with Crippen LogP contribution in [0.2, 0.25) is 0 Å². The maximum atomic E-state index is 11.7. The van der Waals surface area contributed by atoms with Crippen molar-refractivity contribution in [3.05, 3.63) is 30.3 Å². The first kappa shape index (κ1) is 12.7. The lowest BCUT2D eigenvalue weighted by atomic mass is 10.3. The lowest BCUT2D eigenvalue weighted by Crippen LogP contribution is -2.29. The Hall–Kier alpha value is -0.390. The molecule has 0 bridgehead atoms. The molecule has 1 atom stereocenters. The molecule has 84 valence electrons. The fraction of sp³-hybridized carbons (Fsp3) is 0.400. The number of hydrogen-bond acceptors (Lipinski definition) is 2. The van der Waals surface area contributed by atoms with Gasteiger partial charge in [0.15, 0.2) is 0 Å². The average molecular weight is 292 g/mol. The Morgan fingerprint density at radius 1 is 1.33 bits per heavy atom. The second kappa shape index (κ2) is 5.63. The Balaban J connectivity index is 2.69. The zero-order chi connectivity index (χ0) is 11.3. The van der Waals surface area contributed by atoms with E-state index in [9.17, 15) is 8.42 Å². The number of halogens is 1. The third-order valence-electron chi connectivity index (χ3n) is 1.99. The molecule has 0 amide bonds. The van der Waals surface area contributed by atoms with Gasteiger partial charge in [0.05, 0.1) is 4.90 Å². The van der Waals surface area contributed by atoms with Gasteiger partial charge in [0, 0.05) is 11.4 Å². The third kappa shape index (κ3) is 3.93. The van der Waals surface area contributed by atoms with Crippen molar-refractivity contribution in [2.24, 2.45) is 0 Å². The summed E-state index contributed by atoms with van der Waals surface area (Å²) in [6, 6.07) is 8.37. The van der Waals surface area contributed by atoms with Crippen molar-refractivity contribution in [1.82, 2.24) is 4.72 Å². The van der Waals surface area contributed by atoms with E-state index < -0.39 is 10.0 Å². The van der Waals surface area contributed by atoms with E-state index in [1.807, 2.05) is 6.92 Å². The van der Waals surface area contributed by atoms with Crippen molar-refractivity contribution in [2.45, 2.75) is 23.1 Å². The van der Waals surface area contributed by atoms with E-state index in [4.69, 9.17) is 0 Å². The predicted octanol–water partition coefficient (Wildman–Crippen LogP) is 2.14. The van der Waals surface area contributed by atoms with Gasteiger partial charge in [0.1, 0.15) is 0 Å². The Kier molecular flexibility index (Phi) is 4.76. The van der Waals surface area contributed by atoms with Crippen molar-refractivity contribution < 1.29 is 8.42 Å². The molecule has 3 nitrogen and oxygen atoms in total. The van der Waals surface area contributed by atoms with Gasteiger partial charge in [-0.05, 0) is 18.6 Å². The Morgan fingerprint density at radius 3 is 2.47 bits per heavy atom. The number of nitrogens with one attached hydrogen (secondary N) is 1. The largest absolute Gasteiger partial charge is 0.240 e. The molecule has 0 aliphatic carbocycles. The van der Waals surface area contributed by atoms with Crippen LogP contribution >= 0.6 is 15.9 Å². The molecule has 1 aromatic carbocycles. The van der Waals surface area contributed by atoms with Gasteiger partial charge in [-0.25, -0.2) is 13.1 Å². The number of alkyl halides is 1. The summed E-state index contributed by atoms with van der Waals surface area (Å²) in [6.07, 6.45) is 0.886. The molecule has 0 spiro atoms. The van der Waals surface area contributed by atoms with E-state index in [-0.39, 0.29) is 4.83 Å². The lowest BCUT2D eigenvalue weighted by molar-refractivity contribution is 0.580. The van der Waals surface area contributed by atoms with Gasteiger partial charge in [0.2, 0.25) is 10.0 Å². The molecular formula is C10H14BrNO2S. The normalized spacial score (nSPS) is 13.7. The molecule has 0 saturated heterocycles. The first-order chi connectivity index (χ1) is 7.06. The molecule has 0 fully saturated rings. The zero-order valence-corrected chi connectivity index (χ0v) is 10.9. The monoisotopic (exact) mass is 291 g/mol. The van der Waals surface area contributed by atoms with E-state index in [1.54, 1.807) is 30.3 Å². The van der Waals surface area contributed by atoms with E-state index in [1.165, 1.54) is 0 Å². The molecule has 0 heterocycles. The van der Waals surface area contributed by atoms with Crippen molar-refractivity contribution in [1.29, 1.82) is 0 Å². The van der Waals surface area contributed by atoms with Crippen LogP contribution in [0.5, 0.6) is 0 Å². The molecule has 0 radical (unpaired) electrons. The minimum Gasteiger partial charge on any atom is -0.210 e. The molecule has 0 saturated carbocycles. The highest BCUT2D eigenvalue weighted by atomic mass is 79.9. The van der Waals surface area contributed by atoms with Crippen molar-refractivity contribution >= 4 is 26.0 Å². The average Bonchev–Trinajstić information content (AvgIpc) is 2.27. The highest BCUT2D eigenvalue weighted by Gasteiger charge is 2.13. The van der Waals surface area contributed by atoms with Crippen molar-refractivity contribution in [2.75, 3.05) is 6.54 Å². The van der Waals surface area contributed by atoms with Gasteiger partial charge in [-0.3, -0.25) is 0 Å². The van der Waals surface area contributed by atoms with Gasteiger partial charge in [-0.15, -0.1) is 0 Å². The summed E-state index contributed by atoms with van der Waals surface area (Å²) in [4.78, 5) is 0.483. The summed E-state index contributed by atoms with van der Waals surface area (Å²) in [5, 5.41) is 0. The topological polar surface area (TPSA) is 46.2 Å². The minimum atomic E-state index is -3.35. The van der Waals surface area contributed by atoms with Crippen LogP contribution in [0.15, 0.2) is 35.2 Å². The highest BCUT2D eigenvalue weighted by Crippen LogP contribution is 2.09. The van der Waals surface area contributed by atoms with Crippen molar-refractivity contribution in [3.8, 4) is 0 Å². The first-order valence-electron chi connectivity index (χ1n) is 4.75. The summed E-state index contributed by atoms with van der Waals surface area (Å²) >= 11 is 3.38. The molecule has 5 heteroatoms. The van der Waals surface area contributed by atoms with Crippen LogP contribution < -0.4 is 4.72 Å². The Labute approximate surface area is 99.1 Å². The van der Waals surface area contributed by atoms with Crippen molar-refractivity contribution in [3.63, 3.8) is 0 Å². The molecule has 0 aromatic heterocycles. The summed E-state index contributed by atoms with van der Waals surface area (Å²) in [6.45, 7) is 2.41. The maximum absolute atomic E-state index is 11.7. The summed E-state index contributed by atoms with van der Waals surface area (Å²) < 4.78 is 26.0. The van der Waals surface area contributed by atoms with Crippen LogP contribution in [0.1, 0.15) is 13.3 Å². The highest BCUT2D eigenvalue weighted by molar-refractivity contribution is 9.09. The lowest BCUT2D eigenvalue weighted by Gasteiger charge is -2.09. The van der Waals surface area contributed by atoms with Gasteiger partial charge in [0.25, 0.3) is 0 Å². The molecule has 0 aliphatic rings. The zero-order valence-electron chi connectivity index (χ0n) is 8.48. The number of sulfonamides is 1. The molecule has 1 aromatic rings. The fourth-order valence-electron chi connectivity index (χ4n) is 1.03. The van der Waals surface area contributed by atoms with Gasteiger partial charge >= 0.3 is 0 Å². The van der Waals surface area contributed by atoms with Crippen LogP contribution in [-0.4, -0.2) is 19.8 Å². The summed E-state index contributed by atoms with van der Waals surface area (Å²) in [5.74, 6) is 0. The quantitative estimate of drug-likeness (QED) is 0.845.